The standard InChI is InChI=1S/C23H27FN6O/c1-17-22(26-27-30(17)21-8-6-20(24)7-9-21)23(31)25-15-18-4-3-5-19(14-18)16-29-12-10-28(2)11-13-29/h3-9,14H,10-13,15-16H2,1-2H3,(H,25,31). The molecule has 0 bridgehead atoms. The summed E-state index contributed by atoms with van der Waals surface area (Å²) in [6.07, 6.45) is 0. The van der Waals surface area contributed by atoms with Crippen LogP contribution in [0, 0.1) is 12.7 Å². The van der Waals surface area contributed by atoms with Crippen LogP contribution in [-0.2, 0) is 13.1 Å². The van der Waals surface area contributed by atoms with Gasteiger partial charge in [0.2, 0.25) is 0 Å². The van der Waals surface area contributed by atoms with Gasteiger partial charge < -0.3 is 10.2 Å². The van der Waals surface area contributed by atoms with Gasteiger partial charge in [-0.15, -0.1) is 5.10 Å². The third kappa shape index (κ3) is 5.15. The summed E-state index contributed by atoms with van der Waals surface area (Å²) in [5.41, 5.74) is 3.81. The lowest BCUT2D eigenvalue weighted by Gasteiger charge is -2.32. The smallest absolute Gasteiger partial charge is 0.274 e. The molecule has 2 aromatic carbocycles. The molecule has 0 radical (unpaired) electrons. The van der Waals surface area contributed by atoms with Gasteiger partial charge >= 0.3 is 0 Å². The van der Waals surface area contributed by atoms with E-state index < -0.39 is 0 Å². The first-order valence-electron chi connectivity index (χ1n) is 10.4. The van der Waals surface area contributed by atoms with Crippen LogP contribution >= 0.6 is 0 Å². The summed E-state index contributed by atoms with van der Waals surface area (Å²) in [6, 6.07) is 14.2. The minimum atomic E-state index is -0.325. The van der Waals surface area contributed by atoms with Crippen LogP contribution in [0.4, 0.5) is 4.39 Å². The maximum atomic E-state index is 13.2. The molecule has 0 spiro atoms. The molecule has 162 valence electrons. The number of rotatable bonds is 6. The maximum Gasteiger partial charge on any atom is 0.274 e. The van der Waals surface area contributed by atoms with Gasteiger partial charge in [-0.1, -0.05) is 29.5 Å². The molecule has 8 heteroatoms. The van der Waals surface area contributed by atoms with Crippen LogP contribution in [-0.4, -0.2) is 63.9 Å². The monoisotopic (exact) mass is 422 g/mol. The molecule has 7 nitrogen and oxygen atoms in total. The average Bonchev–Trinajstić information content (AvgIpc) is 3.16. The fourth-order valence-electron chi connectivity index (χ4n) is 3.73. The Morgan fingerprint density at radius 1 is 1.06 bits per heavy atom. The quantitative estimate of drug-likeness (QED) is 0.661. The Bertz CT molecular complexity index is 1040. The summed E-state index contributed by atoms with van der Waals surface area (Å²) in [6.45, 7) is 7.43. The van der Waals surface area contributed by atoms with E-state index in [1.54, 1.807) is 19.1 Å². The van der Waals surface area contributed by atoms with E-state index in [1.807, 2.05) is 12.1 Å². The van der Waals surface area contributed by atoms with Gasteiger partial charge in [0.05, 0.1) is 11.4 Å². The first-order valence-corrected chi connectivity index (χ1v) is 10.4. The zero-order chi connectivity index (χ0) is 21.8. The molecular weight excluding hydrogens is 395 g/mol. The van der Waals surface area contributed by atoms with E-state index in [2.05, 4.69) is 44.6 Å². The van der Waals surface area contributed by atoms with Gasteiger partial charge in [0.25, 0.3) is 5.91 Å². The van der Waals surface area contributed by atoms with Crippen molar-refractivity contribution in [3.05, 3.63) is 76.9 Å². The summed E-state index contributed by atoms with van der Waals surface area (Å²) in [5.74, 6) is -0.607. The Morgan fingerprint density at radius 2 is 1.77 bits per heavy atom. The second kappa shape index (κ2) is 9.36. The largest absolute Gasteiger partial charge is 0.347 e. The van der Waals surface area contributed by atoms with Crippen molar-refractivity contribution >= 4 is 5.91 Å². The Kier molecular flexibility index (Phi) is 6.39. The zero-order valence-corrected chi connectivity index (χ0v) is 17.9. The number of likely N-dealkylation sites (N-methyl/N-ethyl adjacent to an activating group) is 1. The third-order valence-corrected chi connectivity index (χ3v) is 5.63. The van der Waals surface area contributed by atoms with E-state index >= 15 is 0 Å². The SMILES string of the molecule is Cc1c(C(=O)NCc2cccc(CN3CCN(C)CC3)c2)nnn1-c1ccc(F)cc1. The molecule has 4 rings (SSSR count). The molecule has 0 saturated carbocycles. The molecule has 1 saturated heterocycles. The molecule has 0 aliphatic carbocycles. The first-order chi connectivity index (χ1) is 15.0. The molecule has 1 fully saturated rings. The van der Waals surface area contributed by atoms with Crippen molar-refractivity contribution < 1.29 is 9.18 Å². The van der Waals surface area contributed by atoms with Crippen LogP contribution in [0.1, 0.15) is 27.3 Å². The second-order valence-electron chi connectivity index (χ2n) is 7.99. The van der Waals surface area contributed by atoms with Gasteiger partial charge in [-0.2, -0.15) is 0 Å². The Morgan fingerprint density at radius 3 is 2.52 bits per heavy atom. The van der Waals surface area contributed by atoms with E-state index in [1.165, 1.54) is 22.4 Å². The topological polar surface area (TPSA) is 66.3 Å². The van der Waals surface area contributed by atoms with Gasteiger partial charge in [0.1, 0.15) is 5.82 Å². The summed E-state index contributed by atoms with van der Waals surface area (Å²) in [7, 11) is 2.15. The van der Waals surface area contributed by atoms with E-state index in [0.717, 1.165) is 38.3 Å². The van der Waals surface area contributed by atoms with E-state index in [9.17, 15) is 9.18 Å². The summed E-state index contributed by atoms with van der Waals surface area (Å²) in [5, 5.41) is 11.0. The fourth-order valence-corrected chi connectivity index (χ4v) is 3.73. The van der Waals surface area contributed by atoms with Crippen molar-refractivity contribution in [2.24, 2.45) is 0 Å². The molecule has 31 heavy (non-hydrogen) atoms. The summed E-state index contributed by atoms with van der Waals surface area (Å²) >= 11 is 0. The number of piperazine rings is 1. The second-order valence-corrected chi connectivity index (χ2v) is 7.99. The molecule has 1 amide bonds. The molecule has 3 aromatic rings. The van der Waals surface area contributed by atoms with E-state index in [0.29, 0.717) is 17.9 Å². The Hall–Kier alpha value is -3.10. The lowest BCUT2D eigenvalue weighted by atomic mass is 10.1. The Balaban J connectivity index is 1.37. The molecule has 0 atom stereocenters. The van der Waals surface area contributed by atoms with Crippen LogP contribution in [0.25, 0.3) is 5.69 Å². The number of carbonyl (C=O) groups is 1. The van der Waals surface area contributed by atoms with Crippen molar-refractivity contribution in [2.75, 3.05) is 33.2 Å². The normalized spacial score (nSPS) is 15.2. The molecule has 1 aliphatic rings. The number of hydrogen-bond donors (Lipinski definition) is 1. The number of nitrogens with one attached hydrogen (secondary N) is 1. The number of nitrogens with zero attached hydrogens (tertiary/aromatic N) is 5. The molecule has 1 aromatic heterocycles. The minimum Gasteiger partial charge on any atom is -0.347 e. The van der Waals surface area contributed by atoms with Crippen molar-refractivity contribution in [1.29, 1.82) is 0 Å². The lowest BCUT2D eigenvalue weighted by Crippen LogP contribution is -2.43. The van der Waals surface area contributed by atoms with Crippen molar-refractivity contribution in [1.82, 2.24) is 30.1 Å². The van der Waals surface area contributed by atoms with Crippen LogP contribution in [0.15, 0.2) is 48.5 Å². The average molecular weight is 423 g/mol. The number of hydrogen-bond acceptors (Lipinski definition) is 5. The van der Waals surface area contributed by atoms with E-state index in [4.69, 9.17) is 0 Å². The van der Waals surface area contributed by atoms with Gasteiger partial charge in [0.15, 0.2) is 5.69 Å². The van der Waals surface area contributed by atoms with E-state index in [-0.39, 0.29) is 17.4 Å². The molecule has 1 aliphatic heterocycles. The highest BCUT2D eigenvalue weighted by atomic mass is 19.1. The predicted octanol–water partition coefficient (Wildman–Crippen LogP) is 2.39. The summed E-state index contributed by atoms with van der Waals surface area (Å²) < 4.78 is 14.7. The van der Waals surface area contributed by atoms with Crippen LogP contribution < -0.4 is 5.32 Å². The number of halogens is 1. The number of benzene rings is 2. The number of carbonyl (C=O) groups excluding carboxylic acids is 1. The predicted molar refractivity (Wildman–Crippen MR) is 116 cm³/mol. The molecular formula is C23H27FN6O. The van der Waals surface area contributed by atoms with Gasteiger partial charge in [-0.25, -0.2) is 9.07 Å². The molecule has 0 unspecified atom stereocenters. The highest BCUT2D eigenvalue weighted by molar-refractivity contribution is 5.93. The lowest BCUT2D eigenvalue weighted by molar-refractivity contribution is 0.0945. The van der Waals surface area contributed by atoms with Gasteiger partial charge in [0, 0.05) is 39.3 Å². The fraction of sp³-hybridized carbons (Fsp3) is 0.348. The molecule has 1 N–H and O–H groups in total. The van der Waals surface area contributed by atoms with Crippen LogP contribution in [0.5, 0.6) is 0 Å². The third-order valence-electron chi connectivity index (χ3n) is 5.63. The van der Waals surface area contributed by atoms with Crippen molar-refractivity contribution in [2.45, 2.75) is 20.0 Å². The van der Waals surface area contributed by atoms with Gasteiger partial charge in [-0.05, 0) is 49.4 Å². The van der Waals surface area contributed by atoms with Crippen LogP contribution in [0.3, 0.4) is 0 Å². The van der Waals surface area contributed by atoms with Gasteiger partial charge in [-0.3, -0.25) is 9.69 Å². The van der Waals surface area contributed by atoms with Crippen molar-refractivity contribution in [3.8, 4) is 5.69 Å². The van der Waals surface area contributed by atoms with Crippen LogP contribution in [0.2, 0.25) is 0 Å². The highest BCUT2D eigenvalue weighted by Crippen LogP contribution is 2.14. The minimum absolute atomic E-state index is 0.262. The number of aromatic nitrogens is 3. The highest BCUT2D eigenvalue weighted by Gasteiger charge is 2.18. The maximum absolute atomic E-state index is 13.2. The zero-order valence-electron chi connectivity index (χ0n) is 17.9. The van der Waals surface area contributed by atoms with Crippen molar-refractivity contribution in [3.63, 3.8) is 0 Å². The Labute approximate surface area is 181 Å². The molecule has 2 heterocycles. The number of amides is 1. The first kappa shape index (κ1) is 21.1. The summed E-state index contributed by atoms with van der Waals surface area (Å²) in [4.78, 5) is 17.5.